The minimum absolute atomic E-state index is 0.501. The van der Waals surface area contributed by atoms with Gasteiger partial charge in [0.05, 0.1) is 18.5 Å². The molecule has 150 valence electrons. The van der Waals surface area contributed by atoms with Gasteiger partial charge in [-0.25, -0.2) is 9.97 Å². The number of methoxy groups -OCH3 is 1. The minimum Gasteiger partial charge on any atom is -0.495 e. The van der Waals surface area contributed by atoms with Crippen molar-refractivity contribution >= 4 is 5.69 Å². The van der Waals surface area contributed by atoms with E-state index in [1.54, 1.807) is 13.4 Å². The van der Waals surface area contributed by atoms with Crippen LogP contribution < -0.4 is 15.2 Å². The number of ether oxygens (including phenoxy) is 2. The molecule has 0 radical (unpaired) electrons. The van der Waals surface area contributed by atoms with Crippen molar-refractivity contribution in [3.05, 3.63) is 102 Å². The SMILES string of the molecule is COc1ccc(Cc2cc(-c3ccccc3OCc3ccccc3)ncn2)cc1N. The van der Waals surface area contributed by atoms with Crippen molar-refractivity contribution < 1.29 is 9.47 Å². The predicted molar refractivity (Wildman–Crippen MR) is 118 cm³/mol. The van der Waals surface area contributed by atoms with Gasteiger partial charge in [0.1, 0.15) is 24.4 Å². The maximum absolute atomic E-state index is 6.09. The summed E-state index contributed by atoms with van der Waals surface area (Å²) in [4.78, 5) is 8.91. The average Bonchev–Trinajstić information content (AvgIpc) is 2.79. The van der Waals surface area contributed by atoms with E-state index in [9.17, 15) is 0 Å². The van der Waals surface area contributed by atoms with Crippen LogP contribution in [0.5, 0.6) is 11.5 Å². The third-order valence-corrected chi connectivity index (χ3v) is 4.80. The number of hydrogen-bond donors (Lipinski definition) is 1. The van der Waals surface area contributed by atoms with Crippen molar-refractivity contribution in [2.24, 2.45) is 0 Å². The lowest BCUT2D eigenvalue weighted by molar-refractivity contribution is 0.307. The summed E-state index contributed by atoms with van der Waals surface area (Å²) < 4.78 is 11.3. The smallest absolute Gasteiger partial charge is 0.141 e. The Morgan fingerprint density at radius 2 is 1.60 bits per heavy atom. The molecule has 4 aromatic rings. The van der Waals surface area contributed by atoms with Crippen LogP contribution in [0.1, 0.15) is 16.8 Å². The molecule has 0 saturated heterocycles. The third-order valence-electron chi connectivity index (χ3n) is 4.80. The largest absolute Gasteiger partial charge is 0.495 e. The van der Waals surface area contributed by atoms with Gasteiger partial charge in [-0.15, -0.1) is 0 Å². The van der Waals surface area contributed by atoms with Crippen molar-refractivity contribution in [3.63, 3.8) is 0 Å². The molecular weight excluding hydrogens is 374 g/mol. The standard InChI is InChI=1S/C25H23N3O2/c1-29-25-12-11-19(14-22(25)26)13-20-15-23(28-17-27-20)21-9-5-6-10-24(21)30-16-18-7-3-2-4-8-18/h2-12,14-15,17H,13,16,26H2,1H3. The molecule has 4 rings (SSSR count). The Kier molecular flexibility index (Phi) is 5.90. The van der Waals surface area contributed by atoms with Crippen molar-refractivity contribution in [2.75, 3.05) is 12.8 Å². The first-order valence-electron chi connectivity index (χ1n) is 9.72. The van der Waals surface area contributed by atoms with Gasteiger partial charge in [-0.3, -0.25) is 0 Å². The van der Waals surface area contributed by atoms with Crippen LogP contribution in [0, 0.1) is 0 Å². The Labute approximate surface area is 176 Å². The number of anilines is 1. The van der Waals surface area contributed by atoms with Crippen LogP contribution in [-0.2, 0) is 13.0 Å². The summed E-state index contributed by atoms with van der Waals surface area (Å²) in [5.74, 6) is 1.46. The molecule has 0 fully saturated rings. The molecule has 3 aromatic carbocycles. The molecule has 0 spiro atoms. The van der Waals surface area contributed by atoms with Gasteiger partial charge in [0.15, 0.2) is 0 Å². The zero-order valence-corrected chi connectivity index (χ0v) is 16.8. The van der Waals surface area contributed by atoms with E-state index < -0.39 is 0 Å². The van der Waals surface area contributed by atoms with Gasteiger partial charge in [0.25, 0.3) is 0 Å². The van der Waals surface area contributed by atoms with Gasteiger partial charge in [-0.2, -0.15) is 0 Å². The zero-order valence-electron chi connectivity index (χ0n) is 16.8. The lowest BCUT2D eigenvalue weighted by Gasteiger charge is -2.12. The van der Waals surface area contributed by atoms with Gasteiger partial charge in [0, 0.05) is 17.7 Å². The second-order valence-corrected chi connectivity index (χ2v) is 6.92. The van der Waals surface area contributed by atoms with Crippen molar-refractivity contribution in [2.45, 2.75) is 13.0 Å². The topological polar surface area (TPSA) is 70.3 Å². The third kappa shape index (κ3) is 4.58. The van der Waals surface area contributed by atoms with Crippen molar-refractivity contribution in [3.8, 4) is 22.8 Å². The highest BCUT2D eigenvalue weighted by Gasteiger charge is 2.10. The molecule has 0 bridgehead atoms. The van der Waals surface area contributed by atoms with Crippen LogP contribution in [0.15, 0.2) is 85.2 Å². The summed E-state index contributed by atoms with van der Waals surface area (Å²) in [7, 11) is 1.61. The molecule has 1 heterocycles. The summed E-state index contributed by atoms with van der Waals surface area (Å²) >= 11 is 0. The summed E-state index contributed by atoms with van der Waals surface area (Å²) in [6.45, 7) is 0.501. The number of benzene rings is 3. The Balaban J connectivity index is 1.56. The fourth-order valence-corrected chi connectivity index (χ4v) is 3.28. The quantitative estimate of drug-likeness (QED) is 0.449. The van der Waals surface area contributed by atoms with E-state index in [0.717, 1.165) is 33.8 Å². The number of para-hydroxylation sites is 1. The Morgan fingerprint density at radius 3 is 2.40 bits per heavy atom. The van der Waals surface area contributed by atoms with Crippen LogP contribution in [-0.4, -0.2) is 17.1 Å². The van der Waals surface area contributed by atoms with Gasteiger partial charge in [0.2, 0.25) is 0 Å². The van der Waals surface area contributed by atoms with E-state index in [4.69, 9.17) is 15.2 Å². The number of nitrogens with two attached hydrogens (primary N) is 1. The van der Waals surface area contributed by atoms with Gasteiger partial charge in [-0.05, 0) is 41.5 Å². The predicted octanol–water partition coefficient (Wildman–Crippen LogP) is 4.90. The van der Waals surface area contributed by atoms with E-state index in [-0.39, 0.29) is 0 Å². The summed E-state index contributed by atoms with van der Waals surface area (Å²) in [6.07, 6.45) is 2.24. The summed E-state index contributed by atoms with van der Waals surface area (Å²) in [5.41, 5.74) is 11.5. The Hall–Kier alpha value is -3.86. The molecule has 0 saturated carbocycles. The first kappa shape index (κ1) is 19.5. The van der Waals surface area contributed by atoms with Crippen LogP contribution in [0.4, 0.5) is 5.69 Å². The molecule has 0 aliphatic heterocycles. The van der Waals surface area contributed by atoms with Crippen LogP contribution in [0.3, 0.4) is 0 Å². The molecule has 2 N–H and O–H groups in total. The van der Waals surface area contributed by atoms with E-state index >= 15 is 0 Å². The normalized spacial score (nSPS) is 10.6. The fraction of sp³-hybridized carbons (Fsp3) is 0.120. The Bertz CT molecular complexity index is 1130. The molecule has 1 aromatic heterocycles. The molecule has 0 unspecified atom stereocenters. The number of hydrogen-bond acceptors (Lipinski definition) is 5. The van der Waals surface area contributed by atoms with Gasteiger partial charge >= 0.3 is 0 Å². The molecule has 0 aliphatic rings. The van der Waals surface area contributed by atoms with Crippen LogP contribution in [0.25, 0.3) is 11.3 Å². The monoisotopic (exact) mass is 397 g/mol. The van der Waals surface area contributed by atoms with E-state index in [1.807, 2.05) is 78.9 Å². The van der Waals surface area contributed by atoms with Crippen molar-refractivity contribution in [1.82, 2.24) is 9.97 Å². The lowest BCUT2D eigenvalue weighted by Crippen LogP contribution is -2.00. The molecular formula is C25H23N3O2. The molecule has 5 nitrogen and oxygen atoms in total. The highest BCUT2D eigenvalue weighted by Crippen LogP contribution is 2.30. The first-order chi connectivity index (χ1) is 14.7. The maximum atomic E-state index is 6.09. The molecule has 5 heteroatoms. The van der Waals surface area contributed by atoms with E-state index in [1.165, 1.54) is 0 Å². The summed E-state index contributed by atoms with van der Waals surface area (Å²) in [5, 5.41) is 0. The summed E-state index contributed by atoms with van der Waals surface area (Å²) in [6, 6.07) is 25.8. The second kappa shape index (κ2) is 9.09. The fourth-order valence-electron chi connectivity index (χ4n) is 3.28. The van der Waals surface area contributed by atoms with E-state index in [0.29, 0.717) is 24.5 Å². The second-order valence-electron chi connectivity index (χ2n) is 6.92. The van der Waals surface area contributed by atoms with Crippen LogP contribution in [0.2, 0.25) is 0 Å². The number of nitrogen functional groups attached to an aromatic ring is 1. The molecule has 0 aliphatic carbocycles. The van der Waals surface area contributed by atoms with Gasteiger partial charge in [-0.1, -0.05) is 48.5 Å². The Morgan fingerprint density at radius 1 is 0.800 bits per heavy atom. The number of aromatic nitrogens is 2. The number of nitrogens with zero attached hydrogens (tertiary/aromatic N) is 2. The minimum atomic E-state index is 0.501. The van der Waals surface area contributed by atoms with E-state index in [2.05, 4.69) is 9.97 Å². The highest BCUT2D eigenvalue weighted by atomic mass is 16.5. The molecule has 0 atom stereocenters. The molecule has 30 heavy (non-hydrogen) atoms. The zero-order chi connectivity index (χ0) is 20.8. The maximum Gasteiger partial charge on any atom is 0.141 e. The highest BCUT2D eigenvalue weighted by molar-refractivity contribution is 5.67. The lowest BCUT2D eigenvalue weighted by atomic mass is 10.1. The van der Waals surface area contributed by atoms with Gasteiger partial charge < -0.3 is 15.2 Å². The average molecular weight is 397 g/mol. The first-order valence-corrected chi connectivity index (χ1v) is 9.72. The number of rotatable bonds is 7. The van der Waals surface area contributed by atoms with Crippen LogP contribution >= 0.6 is 0 Å². The van der Waals surface area contributed by atoms with Crippen molar-refractivity contribution in [1.29, 1.82) is 0 Å². The molecule has 0 amide bonds.